The molecule has 0 aliphatic carbocycles. The van der Waals surface area contributed by atoms with E-state index in [9.17, 15) is 4.39 Å². The Morgan fingerprint density at radius 1 is 1.43 bits per heavy atom. The summed E-state index contributed by atoms with van der Waals surface area (Å²) in [5.74, 6) is 0. The number of hydrogen-bond acceptors (Lipinski definition) is 1. The molecule has 0 spiro atoms. The summed E-state index contributed by atoms with van der Waals surface area (Å²) in [6.07, 6.45) is 0. The van der Waals surface area contributed by atoms with Gasteiger partial charge in [-0.1, -0.05) is 15.9 Å². The van der Waals surface area contributed by atoms with Crippen LogP contribution in [0.25, 0.3) is 0 Å². The molecule has 0 aromatic heterocycles. The average Bonchev–Trinajstić information content (AvgIpc) is 1.69. The van der Waals surface area contributed by atoms with Crippen LogP contribution < -0.4 is 0 Å². The largest absolute Gasteiger partial charge is 0.378 e. The average molecular weight is 171 g/mol. The Balaban J connectivity index is 2.45. The molecular formula is C4H8BrFO. The molecule has 0 fully saturated rings. The van der Waals surface area contributed by atoms with Crippen LogP contribution in [0.1, 0.15) is 0 Å². The Morgan fingerprint density at radius 2 is 2.14 bits per heavy atom. The van der Waals surface area contributed by atoms with Gasteiger partial charge in [-0.05, 0) is 0 Å². The van der Waals surface area contributed by atoms with Crippen molar-refractivity contribution >= 4 is 15.9 Å². The second-order valence-electron chi connectivity index (χ2n) is 0.990. The van der Waals surface area contributed by atoms with Crippen LogP contribution in [0.5, 0.6) is 0 Å². The van der Waals surface area contributed by atoms with Gasteiger partial charge in [0.05, 0.1) is 13.2 Å². The summed E-state index contributed by atoms with van der Waals surface area (Å²) in [6, 6.07) is 0. The molecule has 0 bridgehead atoms. The van der Waals surface area contributed by atoms with E-state index in [1.54, 1.807) is 0 Å². The van der Waals surface area contributed by atoms with Gasteiger partial charge in [-0.2, -0.15) is 0 Å². The van der Waals surface area contributed by atoms with Crippen LogP contribution >= 0.6 is 15.9 Å². The van der Waals surface area contributed by atoms with Crippen molar-refractivity contribution in [3.05, 3.63) is 0 Å². The molecule has 7 heavy (non-hydrogen) atoms. The maximum atomic E-state index is 11.2. The van der Waals surface area contributed by atoms with Crippen LogP contribution in [0.3, 0.4) is 0 Å². The quantitative estimate of drug-likeness (QED) is 0.458. The number of ether oxygens (including phenoxy) is 1. The molecule has 44 valence electrons. The van der Waals surface area contributed by atoms with Crippen molar-refractivity contribution in [1.82, 2.24) is 0 Å². The molecule has 0 aromatic carbocycles. The van der Waals surface area contributed by atoms with Crippen molar-refractivity contribution in [2.45, 2.75) is 0 Å². The van der Waals surface area contributed by atoms with Crippen LogP contribution in [0.4, 0.5) is 4.39 Å². The van der Waals surface area contributed by atoms with Crippen molar-refractivity contribution in [3.63, 3.8) is 0 Å². The van der Waals surface area contributed by atoms with Crippen LogP contribution in [-0.4, -0.2) is 25.2 Å². The molecule has 0 atom stereocenters. The molecule has 0 aromatic rings. The Bertz CT molecular complexity index is 30.9. The van der Waals surface area contributed by atoms with E-state index in [4.69, 9.17) is 4.74 Å². The predicted molar refractivity (Wildman–Crippen MR) is 30.6 cm³/mol. The minimum atomic E-state index is -0.382. The Hall–Kier alpha value is 0.370. The molecule has 0 unspecified atom stereocenters. The third-order valence-electron chi connectivity index (χ3n) is 0.443. The zero-order chi connectivity index (χ0) is 5.54. The van der Waals surface area contributed by atoms with E-state index in [2.05, 4.69) is 15.9 Å². The van der Waals surface area contributed by atoms with Gasteiger partial charge in [0.2, 0.25) is 0 Å². The minimum Gasteiger partial charge on any atom is -0.378 e. The van der Waals surface area contributed by atoms with Crippen LogP contribution in [0.15, 0.2) is 0 Å². The van der Waals surface area contributed by atoms with Crippen molar-refractivity contribution in [3.8, 4) is 0 Å². The highest BCUT2D eigenvalue weighted by atomic mass is 79.9. The highest BCUT2D eigenvalue weighted by Gasteiger charge is 1.81. The fraction of sp³-hybridized carbons (Fsp3) is 1.00. The van der Waals surface area contributed by atoms with E-state index in [-0.39, 0.29) is 13.3 Å². The van der Waals surface area contributed by atoms with E-state index in [1.807, 2.05) is 0 Å². The van der Waals surface area contributed by atoms with E-state index in [0.29, 0.717) is 6.61 Å². The Kier molecular flexibility index (Phi) is 6.71. The first-order chi connectivity index (χ1) is 3.41. The van der Waals surface area contributed by atoms with Gasteiger partial charge in [-0.25, -0.2) is 4.39 Å². The van der Waals surface area contributed by atoms with Gasteiger partial charge in [0.1, 0.15) is 6.67 Å². The predicted octanol–water partition coefficient (Wildman–Crippen LogP) is 1.37. The fourth-order valence-corrected chi connectivity index (χ4v) is 0.440. The molecule has 0 heterocycles. The van der Waals surface area contributed by atoms with E-state index in [0.717, 1.165) is 5.33 Å². The van der Waals surface area contributed by atoms with Crippen LogP contribution in [-0.2, 0) is 4.74 Å². The third-order valence-corrected chi connectivity index (χ3v) is 0.767. The molecule has 0 saturated heterocycles. The number of alkyl halides is 2. The lowest BCUT2D eigenvalue weighted by Gasteiger charge is -1.93. The summed E-state index contributed by atoms with van der Waals surface area (Å²) >= 11 is 3.13. The number of halogens is 2. The first-order valence-corrected chi connectivity index (χ1v) is 3.23. The lowest BCUT2D eigenvalue weighted by Crippen LogP contribution is -1.97. The lowest BCUT2D eigenvalue weighted by molar-refractivity contribution is 0.134. The minimum absolute atomic E-state index is 0.228. The van der Waals surface area contributed by atoms with E-state index in [1.165, 1.54) is 0 Å². The van der Waals surface area contributed by atoms with Gasteiger partial charge in [-0.3, -0.25) is 0 Å². The molecular weight excluding hydrogens is 163 g/mol. The molecule has 0 amide bonds. The standard InChI is InChI=1S/C4H8BrFO/c5-1-3-7-4-2-6/h1-4H2. The fourth-order valence-electron chi connectivity index (χ4n) is 0.211. The Morgan fingerprint density at radius 3 is 2.57 bits per heavy atom. The number of rotatable bonds is 4. The lowest BCUT2D eigenvalue weighted by atomic mass is 10.8. The molecule has 0 N–H and O–H groups in total. The molecule has 0 aliphatic heterocycles. The maximum Gasteiger partial charge on any atom is 0.113 e. The Labute approximate surface area is 51.0 Å². The van der Waals surface area contributed by atoms with Gasteiger partial charge < -0.3 is 4.74 Å². The summed E-state index contributed by atoms with van der Waals surface area (Å²) in [7, 11) is 0. The van der Waals surface area contributed by atoms with Gasteiger partial charge in [0.25, 0.3) is 0 Å². The number of hydrogen-bond donors (Lipinski definition) is 0. The van der Waals surface area contributed by atoms with E-state index >= 15 is 0 Å². The zero-order valence-corrected chi connectivity index (χ0v) is 5.58. The van der Waals surface area contributed by atoms with Gasteiger partial charge in [-0.15, -0.1) is 0 Å². The van der Waals surface area contributed by atoms with Crippen LogP contribution in [0, 0.1) is 0 Å². The summed E-state index contributed by atoms with van der Waals surface area (Å²) in [5.41, 5.74) is 0. The summed E-state index contributed by atoms with van der Waals surface area (Å²) in [5, 5.41) is 0.785. The highest BCUT2D eigenvalue weighted by molar-refractivity contribution is 9.09. The first-order valence-electron chi connectivity index (χ1n) is 2.11. The van der Waals surface area contributed by atoms with Gasteiger partial charge >= 0.3 is 0 Å². The SMILES string of the molecule is FCCOCCBr. The molecule has 0 aliphatic rings. The molecule has 1 nitrogen and oxygen atoms in total. The normalized spacial score (nSPS) is 9.43. The monoisotopic (exact) mass is 170 g/mol. The smallest absolute Gasteiger partial charge is 0.113 e. The second kappa shape index (κ2) is 6.37. The van der Waals surface area contributed by atoms with Crippen molar-refractivity contribution < 1.29 is 9.13 Å². The molecule has 0 saturated carbocycles. The highest BCUT2D eigenvalue weighted by Crippen LogP contribution is 1.80. The summed E-state index contributed by atoms with van der Waals surface area (Å²) in [6.45, 7) is 0.447. The van der Waals surface area contributed by atoms with Crippen molar-refractivity contribution in [2.75, 3.05) is 25.2 Å². The molecule has 0 radical (unpaired) electrons. The maximum absolute atomic E-state index is 11.2. The van der Waals surface area contributed by atoms with E-state index < -0.39 is 0 Å². The van der Waals surface area contributed by atoms with Crippen molar-refractivity contribution in [1.29, 1.82) is 0 Å². The third kappa shape index (κ3) is 6.37. The van der Waals surface area contributed by atoms with Crippen LogP contribution in [0.2, 0.25) is 0 Å². The molecule has 0 rings (SSSR count). The topological polar surface area (TPSA) is 9.23 Å². The van der Waals surface area contributed by atoms with Gasteiger partial charge in [0, 0.05) is 5.33 Å². The van der Waals surface area contributed by atoms with Gasteiger partial charge in [0.15, 0.2) is 0 Å². The summed E-state index contributed by atoms with van der Waals surface area (Å²) < 4.78 is 15.9. The zero-order valence-electron chi connectivity index (χ0n) is 3.99. The molecule has 3 heteroatoms. The van der Waals surface area contributed by atoms with Crippen molar-refractivity contribution in [2.24, 2.45) is 0 Å². The second-order valence-corrected chi connectivity index (χ2v) is 1.78. The first kappa shape index (κ1) is 7.37. The summed E-state index contributed by atoms with van der Waals surface area (Å²) in [4.78, 5) is 0.